The maximum absolute atomic E-state index is 5.96. The predicted molar refractivity (Wildman–Crippen MR) is 76.1 cm³/mol. The molecule has 2 aromatic rings. The molecular formula is C14H18ClN3. The summed E-state index contributed by atoms with van der Waals surface area (Å²) in [5, 5.41) is 4.76. The third kappa shape index (κ3) is 2.10. The first-order chi connectivity index (χ1) is 8.41. The summed E-state index contributed by atoms with van der Waals surface area (Å²) < 4.78 is 1.77. The number of hydrogen-bond acceptors (Lipinski definition) is 2. The molecule has 18 heavy (non-hydrogen) atoms. The lowest BCUT2D eigenvalue weighted by Crippen LogP contribution is -2.14. The largest absolute Gasteiger partial charge is 0.383 e. The molecule has 3 nitrogen and oxygen atoms in total. The second-order valence-corrected chi connectivity index (χ2v) is 5.22. The average Bonchev–Trinajstić information content (AvgIpc) is 2.58. The van der Waals surface area contributed by atoms with Gasteiger partial charge in [-0.25, -0.2) is 4.68 Å². The fourth-order valence-corrected chi connectivity index (χ4v) is 2.76. The number of nitrogen functional groups attached to an aromatic ring is 1. The molecule has 0 saturated carbocycles. The van der Waals surface area contributed by atoms with E-state index in [9.17, 15) is 0 Å². The summed E-state index contributed by atoms with van der Waals surface area (Å²) in [6.07, 6.45) is 1.59. The molecule has 0 radical (unpaired) electrons. The number of hydrogen-bond donors (Lipinski definition) is 1. The second kappa shape index (κ2) is 4.65. The van der Waals surface area contributed by atoms with Crippen LogP contribution in [0.1, 0.15) is 35.2 Å². The molecule has 0 aliphatic rings. The van der Waals surface area contributed by atoms with Gasteiger partial charge in [0, 0.05) is 0 Å². The molecular weight excluding hydrogens is 246 g/mol. The average molecular weight is 264 g/mol. The third-order valence-electron chi connectivity index (χ3n) is 3.31. The zero-order valence-corrected chi connectivity index (χ0v) is 11.9. The van der Waals surface area contributed by atoms with Crippen LogP contribution in [0.15, 0.2) is 18.3 Å². The van der Waals surface area contributed by atoms with Crippen molar-refractivity contribution in [2.45, 2.75) is 33.7 Å². The SMILES string of the molecule is Cc1cc(C)c(C(C)n2ncc(Cl)c2N)c(C)c1. The van der Waals surface area contributed by atoms with Gasteiger partial charge in [-0.05, 0) is 44.4 Å². The highest BCUT2D eigenvalue weighted by Gasteiger charge is 2.17. The number of aryl methyl sites for hydroxylation is 3. The fraction of sp³-hybridized carbons (Fsp3) is 0.357. The van der Waals surface area contributed by atoms with E-state index in [4.69, 9.17) is 17.3 Å². The highest BCUT2D eigenvalue weighted by Crippen LogP contribution is 2.29. The lowest BCUT2D eigenvalue weighted by molar-refractivity contribution is 0.568. The van der Waals surface area contributed by atoms with Crippen molar-refractivity contribution in [2.24, 2.45) is 0 Å². The first kappa shape index (κ1) is 13.0. The van der Waals surface area contributed by atoms with Gasteiger partial charge in [0.25, 0.3) is 0 Å². The zero-order valence-electron chi connectivity index (χ0n) is 11.2. The van der Waals surface area contributed by atoms with Crippen LogP contribution in [0.5, 0.6) is 0 Å². The molecule has 0 amide bonds. The Kier molecular flexibility index (Phi) is 3.35. The van der Waals surface area contributed by atoms with Gasteiger partial charge >= 0.3 is 0 Å². The lowest BCUT2D eigenvalue weighted by atomic mass is 9.95. The lowest BCUT2D eigenvalue weighted by Gasteiger charge is -2.20. The highest BCUT2D eigenvalue weighted by molar-refractivity contribution is 6.32. The Morgan fingerprint density at radius 3 is 2.22 bits per heavy atom. The van der Waals surface area contributed by atoms with Gasteiger partial charge in [-0.2, -0.15) is 5.10 Å². The molecule has 1 aromatic carbocycles. The highest BCUT2D eigenvalue weighted by atomic mass is 35.5. The van der Waals surface area contributed by atoms with Crippen LogP contribution >= 0.6 is 11.6 Å². The van der Waals surface area contributed by atoms with Gasteiger partial charge in [0.05, 0.1) is 12.2 Å². The third-order valence-corrected chi connectivity index (χ3v) is 3.60. The molecule has 0 spiro atoms. The maximum atomic E-state index is 5.96. The van der Waals surface area contributed by atoms with Crippen LogP contribution in [0.25, 0.3) is 0 Å². The van der Waals surface area contributed by atoms with Gasteiger partial charge in [0.1, 0.15) is 10.8 Å². The second-order valence-electron chi connectivity index (χ2n) is 4.81. The topological polar surface area (TPSA) is 43.8 Å². The Bertz CT molecular complexity index is 564. The van der Waals surface area contributed by atoms with Crippen molar-refractivity contribution in [3.05, 3.63) is 45.6 Å². The van der Waals surface area contributed by atoms with Gasteiger partial charge in [-0.3, -0.25) is 0 Å². The molecule has 0 saturated heterocycles. The van der Waals surface area contributed by atoms with E-state index in [1.165, 1.54) is 22.3 Å². The molecule has 0 fully saturated rings. The van der Waals surface area contributed by atoms with Crippen molar-refractivity contribution in [1.29, 1.82) is 0 Å². The van der Waals surface area contributed by atoms with Gasteiger partial charge in [0.15, 0.2) is 0 Å². The number of rotatable bonds is 2. The van der Waals surface area contributed by atoms with E-state index in [1.54, 1.807) is 10.9 Å². The Labute approximate surface area is 113 Å². The van der Waals surface area contributed by atoms with Gasteiger partial charge < -0.3 is 5.73 Å². The van der Waals surface area contributed by atoms with E-state index in [0.29, 0.717) is 10.8 Å². The van der Waals surface area contributed by atoms with Crippen LogP contribution in [0, 0.1) is 20.8 Å². The first-order valence-corrected chi connectivity index (χ1v) is 6.36. The molecule has 1 atom stereocenters. The number of nitrogens with two attached hydrogens (primary N) is 1. The van der Waals surface area contributed by atoms with E-state index >= 15 is 0 Å². The van der Waals surface area contributed by atoms with Crippen LogP contribution in [-0.4, -0.2) is 9.78 Å². The van der Waals surface area contributed by atoms with Crippen LogP contribution in [-0.2, 0) is 0 Å². The fourth-order valence-electron chi connectivity index (χ4n) is 2.63. The minimum Gasteiger partial charge on any atom is -0.383 e. The van der Waals surface area contributed by atoms with Crippen LogP contribution in [0.2, 0.25) is 5.02 Å². The zero-order chi connectivity index (χ0) is 13.4. The molecule has 96 valence electrons. The van der Waals surface area contributed by atoms with E-state index < -0.39 is 0 Å². The molecule has 1 heterocycles. The minimum absolute atomic E-state index is 0.0816. The van der Waals surface area contributed by atoms with Gasteiger partial charge in [0.2, 0.25) is 0 Å². The van der Waals surface area contributed by atoms with Crippen molar-refractivity contribution in [1.82, 2.24) is 9.78 Å². The normalized spacial score (nSPS) is 12.7. The number of halogens is 1. The Hall–Kier alpha value is -1.48. The van der Waals surface area contributed by atoms with Crippen molar-refractivity contribution in [3.63, 3.8) is 0 Å². The van der Waals surface area contributed by atoms with Gasteiger partial charge in [-0.1, -0.05) is 29.3 Å². The van der Waals surface area contributed by atoms with E-state index in [1.807, 2.05) is 0 Å². The van der Waals surface area contributed by atoms with Crippen LogP contribution in [0.4, 0.5) is 5.82 Å². The number of benzene rings is 1. The number of aromatic nitrogens is 2. The molecule has 2 N–H and O–H groups in total. The standard InChI is InChI=1S/C14H18ClN3/c1-8-5-9(2)13(10(3)6-8)11(4)18-14(16)12(15)7-17-18/h5-7,11H,16H2,1-4H3. The van der Waals surface area contributed by atoms with E-state index in [-0.39, 0.29) is 6.04 Å². The van der Waals surface area contributed by atoms with E-state index in [0.717, 1.165) is 0 Å². The monoisotopic (exact) mass is 263 g/mol. The van der Waals surface area contributed by atoms with Crippen molar-refractivity contribution in [3.8, 4) is 0 Å². The molecule has 0 bridgehead atoms. The van der Waals surface area contributed by atoms with Crippen LogP contribution < -0.4 is 5.73 Å². The summed E-state index contributed by atoms with van der Waals surface area (Å²) in [5.41, 5.74) is 11.0. The van der Waals surface area contributed by atoms with Crippen molar-refractivity contribution >= 4 is 17.4 Å². The Morgan fingerprint density at radius 1 is 1.22 bits per heavy atom. The summed E-state index contributed by atoms with van der Waals surface area (Å²) >= 11 is 5.96. The summed E-state index contributed by atoms with van der Waals surface area (Å²) in [4.78, 5) is 0. The quantitative estimate of drug-likeness (QED) is 0.899. The number of anilines is 1. The summed E-state index contributed by atoms with van der Waals surface area (Å²) in [6.45, 7) is 8.43. The van der Waals surface area contributed by atoms with Crippen molar-refractivity contribution < 1.29 is 0 Å². The molecule has 2 rings (SSSR count). The smallest absolute Gasteiger partial charge is 0.141 e. The molecule has 0 aliphatic heterocycles. The molecule has 0 aliphatic carbocycles. The number of nitrogens with zero attached hydrogens (tertiary/aromatic N) is 2. The molecule has 4 heteroatoms. The van der Waals surface area contributed by atoms with Crippen molar-refractivity contribution in [2.75, 3.05) is 5.73 Å². The molecule has 1 aromatic heterocycles. The van der Waals surface area contributed by atoms with Crippen LogP contribution in [0.3, 0.4) is 0 Å². The van der Waals surface area contributed by atoms with E-state index in [2.05, 4.69) is 44.9 Å². The Morgan fingerprint density at radius 2 is 1.78 bits per heavy atom. The first-order valence-electron chi connectivity index (χ1n) is 5.98. The predicted octanol–water partition coefficient (Wildman–Crippen LogP) is 3.65. The summed E-state index contributed by atoms with van der Waals surface area (Å²) in [7, 11) is 0. The summed E-state index contributed by atoms with van der Waals surface area (Å²) in [5.74, 6) is 0.517. The Balaban J connectivity index is 2.53. The molecule has 1 unspecified atom stereocenters. The minimum atomic E-state index is 0.0816. The maximum Gasteiger partial charge on any atom is 0.141 e. The summed E-state index contributed by atoms with van der Waals surface area (Å²) in [6, 6.07) is 4.44. The van der Waals surface area contributed by atoms with Gasteiger partial charge in [-0.15, -0.1) is 0 Å².